The average molecular weight is 184 g/mol. The van der Waals surface area contributed by atoms with E-state index in [2.05, 4.69) is 5.10 Å². The van der Waals surface area contributed by atoms with Gasteiger partial charge in [0.25, 0.3) is 0 Å². The first-order valence-corrected chi connectivity index (χ1v) is 4.06. The predicted molar refractivity (Wildman–Crippen MR) is 45.2 cm³/mol. The lowest BCUT2D eigenvalue weighted by molar-refractivity contribution is -0.146. The topological polar surface area (TPSA) is 75.3 Å². The fourth-order valence-corrected chi connectivity index (χ4v) is 1.10. The molecule has 0 spiro atoms. The number of aromatic nitrogens is 2. The molecule has 1 aromatic rings. The molecule has 0 fully saturated rings. The number of aliphatic hydroxyl groups is 1. The maximum absolute atomic E-state index is 10.3. The third-order valence-electron chi connectivity index (χ3n) is 1.79. The fraction of sp³-hybridized carbons (Fsp3) is 0.500. The molecule has 2 N–H and O–H groups in total. The third kappa shape index (κ3) is 2.29. The monoisotopic (exact) mass is 184 g/mol. The van der Waals surface area contributed by atoms with E-state index >= 15 is 0 Å². The van der Waals surface area contributed by atoms with E-state index in [4.69, 9.17) is 10.2 Å². The quantitative estimate of drug-likeness (QED) is 0.684. The largest absolute Gasteiger partial charge is 0.479 e. The lowest BCUT2D eigenvalue weighted by atomic mass is 10.2. The molecular formula is C8H12N2O3. The number of aliphatic hydroxyl groups excluding tert-OH is 1. The number of nitrogens with zero attached hydrogens (tertiary/aromatic N) is 2. The van der Waals surface area contributed by atoms with Crippen molar-refractivity contribution in [3.63, 3.8) is 0 Å². The molecule has 0 saturated heterocycles. The number of rotatable bonds is 4. The number of hydrogen-bond acceptors (Lipinski definition) is 3. The molecule has 5 nitrogen and oxygen atoms in total. The van der Waals surface area contributed by atoms with Crippen LogP contribution in [0.15, 0.2) is 12.3 Å². The van der Waals surface area contributed by atoms with Gasteiger partial charge in [-0.05, 0) is 13.0 Å². The standard InChI is InChI=1S/C8H12N2O3/c1-2-10-6(3-4-9-10)5-7(11)8(12)13/h3-4,7,11H,2,5H2,1H3,(H,12,13)/t7-/m1/s1. The maximum Gasteiger partial charge on any atom is 0.332 e. The van der Waals surface area contributed by atoms with Crippen molar-refractivity contribution >= 4 is 5.97 Å². The molecule has 1 heterocycles. The average Bonchev–Trinajstić information content (AvgIpc) is 2.51. The first-order chi connectivity index (χ1) is 6.15. The van der Waals surface area contributed by atoms with Crippen LogP contribution in [0.5, 0.6) is 0 Å². The second kappa shape index (κ2) is 4.04. The smallest absolute Gasteiger partial charge is 0.332 e. The van der Waals surface area contributed by atoms with Crippen LogP contribution in [-0.2, 0) is 17.8 Å². The van der Waals surface area contributed by atoms with Crippen molar-refractivity contribution in [3.8, 4) is 0 Å². The van der Waals surface area contributed by atoms with Gasteiger partial charge in [-0.2, -0.15) is 5.10 Å². The molecule has 0 aliphatic rings. The van der Waals surface area contributed by atoms with Gasteiger partial charge in [-0.3, -0.25) is 4.68 Å². The minimum atomic E-state index is -1.35. The van der Waals surface area contributed by atoms with Crippen molar-refractivity contribution < 1.29 is 15.0 Å². The van der Waals surface area contributed by atoms with Crippen molar-refractivity contribution in [1.82, 2.24) is 9.78 Å². The van der Waals surface area contributed by atoms with Gasteiger partial charge in [0, 0.05) is 24.9 Å². The molecule has 5 heteroatoms. The van der Waals surface area contributed by atoms with Crippen molar-refractivity contribution in [2.24, 2.45) is 0 Å². The Morgan fingerprint density at radius 2 is 2.46 bits per heavy atom. The zero-order valence-corrected chi connectivity index (χ0v) is 7.34. The number of hydrogen-bond donors (Lipinski definition) is 2. The van der Waals surface area contributed by atoms with E-state index in [0.29, 0.717) is 6.54 Å². The summed E-state index contributed by atoms with van der Waals surface area (Å²) >= 11 is 0. The first-order valence-electron chi connectivity index (χ1n) is 4.06. The molecule has 0 bridgehead atoms. The number of carboxylic acids is 1. The van der Waals surface area contributed by atoms with Crippen molar-refractivity contribution in [1.29, 1.82) is 0 Å². The van der Waals surface area contributed by atoms with Gasteiger partial charge in [0.05, 0.1) is 0 Å². The van der Waals surface area contributed by atoms with Crippen molar-refractivity contribution in [3.05, 3.63) is 18.0 Å². The number of aryl methyl sites for hydroxylation is 1. The van der Waals surface area contributed by atoms with Crippen LogP contribution in [0, 0.1) is 0 Å². The Balaban J connectivity index is 2.68. The second-order valence-corrected chi connectivity index (χ2v) is 2.70. The number of aliphatic carboxylic acids is 1. The SMILES string of the molecule is CCn1nccc1C[C@@H](O)C(=O)O. The Kier molecular flexibility index (Phi) is 3.02. The fourth-order valence-electron chi connectivity index (χ4n) is 1.10. The highest BCUT2D eigenvalue weighted by Gasteiger charge is 2.15. The number of carbonyl (C=O) groups is 1. The Morgan fingerprint density at radius 1 is 1.77 bits per heavy atom. The number of carboxylic acid groups (broad SMARTS) is 1. The van der Waals surface area contributed by atoms with Crippen LogP contribution in [0.3, 0.4) is 0 Å². The van der Waals surface area contributed by atoms with Gasteiger partial charge in [0.2, 0.25) is 0 Å². The lowest BCUT2D eigenvalue weighted by Gasteiger charge is -2.06. The molecule has 1 rings (SSSR count). The van der Waals surface area contributed by atoms with Crippen LogP contribution in [0.2, 0.25) is 0 Å². The Hall–Kier alpha value is -1.36. The highest BCUT2D eigenvalue weighted by Crippen LogP contribution is 2.03. The zero-order chi connectivity index (χ0) is 9.84. The Morgan fingerprint density at radius 3 is 3.00 bits per heavy atom. The second-order valence-electron chi connectivity index (χ2n) is 2.70. The molecule has 0 saturated carbocycles. The molecular weight excluding hydrogens is 172 g/mol. The molecule has 72 valence electrons. The van der Waals surface area contributed by atoms with E-state index in [1.807, 2.05) is 6.92 Å². The summed E-state index contributed by atoms with van der Waals surface area (Å²) in [6.07, 6.45) is 0.346. The Labute approximate surface area is 75.6 Å². The Bertz CT molecular complexity index is 295. The van der Waals surface area contributed by atoms with Crippen molar-refractivity contribution in [2.75, 3.05) is 0 Å². The zero-order valence-electron chi connectivity index (χ0n) is 7.34. The first kappa shape index (κ1) is 9.73. The summed E-state index contributed by atoms with van der Waals surface area (Å²) in [5.41, 5.74) is 0.734. The van der Waals surface area contributed by atoms with E-state index in [9.17, 15) is 4.79 Å². The summed E-state index contributed by atoms with van der Waals surface area (Å²) in [5, 5.41) is 21.5. The maximum atomic E-state index is 10.3. The van der Waals surface area contributed by atoms with Gasteiger partial charge in [0.1, 0.15) is 0 Å². The van der Waals surface area contributed by atoms with Crippen LogP contribution in [0.25, 0.3) is 0 Å². The van der Waals surface area contributed by atoms with E-state index < -0.39 is 12.1 Å². The molecule has 0 unspecified atom stereocenters. The minimum absolute atomic E-state index is 0.100. The van der Waals surface area contributed by atoms with Crippen molar-refractivity contribution in [2.45, 2.75) is 26.0 Å². The van der Waals surface area contributed by atoms with E-state index in [0.717, 1.165) is 5.69 Å². The summed E-state index contributed by atoms with van der Waals surface area (Å²) in [6, 6.07) is 1.70. The molecule has 13 heavy (non-hydrogen) atoms. The van der Waals surface area contributed by atoms with Crippen LogP contribution in [-0.4, -0.2) is 32.1 Å². The van der Waals surface area contributed by atoms with Crippen LogP contribution >= 0.6 is 0 Å². The molecule has 0 aromatic carbocycles. The molecule has 1 atom stereocenters. The molecule has 0 radical (unpaired) electrons. The summed E-state index contributed by atoms with van der Waals surface area (Å²) in [6.45, 7) is 2.58. The minimum Gasteiger partial charge on any atom is -0.479 e. The third-order valence-corrected chi connectivity index (χ3v) is 1.79. The molecule has 0 aliphatic carbocycles. The van der Waals surface area contributed by atoms with E-state index in [1.165, 1.54) is 0 Å². The molecule has 0 aliphatic heterocycles. The van der Waals surface area contributed by atoms with Gasteiger partial charge in [-0.25, -0.2) is 4.79 Å². The highest BCUT2D eigenvalue weighted by atomic mass is 16.4. The van der Waals surface area contributed by atoms with Crippen LogP contribution < -0.4 is 0 Å². The van der Waals surface area contributed by atoms with E-state index in [-0.39, 0.29) is 6.42 Å². The van der Waals surface area contributed by atoms with Gasteiger partial charge < -0.3 is 10.2 Å². The normalized spacial score (nSPS) is 12.8. The lowest BCUT2D eigenvalue weighted by Crippen LogP contribution is -2.23. The van der Waals surface area contributed by atoms with E-state index in [1.54, 1.807) is 16.9 Å². The highest BCUT2D eigenvalue weighted by molar-refractivity contribution is 5.72. The summed E-state index contributed by atoms with van der Waals surface area (Å²) in [5.74, 6) is -1.20. The summed E-state index contributed by atoms with van der Waals surface area (Å²) in [4.78, 5) is 10.3. The predicted octanol–water partition coefficient (Wildman–Crippen LogP) is -0.109. The summed E-state index contributed by atoms with van der Waals surface area (Å²) in [7, 11) is 0. The molecule has 0 amide bonds. The van der Waals surface area contributed by atoms with Gasteiger partial charge >= 0.3 is 5.97 Å². The van der Waals surface area contributed by atoms with Crippen LogP contribution in [0.4, 0.5) is 0 Å². The molecule has 1 aromatic heterocycles. The van der Waals surface area contributed by atoms with Crippen LogP contribution in [0.1, 0.15) is 12.6 Å². The summed E-state index contributed by atoms with van der Waals surface area (Å²) < 4.78 is 1.66. The van der Waals surface area contributed by atoms with Gasteiger partial charge in [0.15, 0.2) is 6.10 Å². The van der Waals surface area contributed by atoms with Gasteiger partial charge in [-0.15, -0.1) is 0 Å². The van der Waals surface area contributed by atoms with Gasteiger partial charge in [-0.1, -0.05) is 0 Å².